The largest absolute Gasteiger partial charge is 0.496 e. The van der Waals surface area contributed by atoms with E-state index >= 15 is 0 Å². The van der Waals surface area contributed by atoms with Crippen molar-refractivity contribution in [2.24, 2.45) is 5.92 Å². The molecule has 4 unspecified atom stereocenters. The third kappa shape index (κ3) is 5.73. The zero-order chi connectivity index (χ0) is 31.0. The van der Waals surface area contributed by atoms with E-state index in [1.165, 1.54) is 12.0 Å². The zero-order valence-electron chi connectivity index (χ0n) is 23.1. The molecule has 3 N–H and O–H groups in total. The lowest BCUT2D eigenvalue weighted by molar-refractivity contribution is -0.141. The van der Waals surface area contributed by atoms with Gasteiger partial charge in [-0.1, -0.05) is 6.07 Å². The molecule has 2 saturated heterocycles. The summed E-state index contributed by atoms with van der Waals surface area (Å²) in [4.78, 5) is 56.6. The quantitative estimate of drug-likeness (QED) is 0.241. The van der Waals surface area contributed by atoms with Gasteiger partial charge >= 0.3 is 0 Å². The molecule has 1 aromatic heterocycles. The fraction of sp³-hybridized carbons (Fsp3) is 0.379. The number of Topliss-reactive ketones (excluding diaryl/α,β-unsaturated/α-hetero) is 1. The molecule has 2 aliphatic heterocycles. The van der Waals surface area contributed by atoms with Gasteiger partial charge in [0, 0.05) is 35.5 Å². The van der Waals surface area contributed by atoms with Gasteiger partial charge in [0.15, 0.2) is 23.2 Å². The third-order valence-corrected chi connectivity index (χ3v) is 7.81. The van der Waals surface area contributed by atoms with Gasteiger partial charge in [0.2, 0.25) is 23.4 Å². The second-order valence-corrected chi connectivity index (χ2v) is 10.5. The molecule has 3 heterocycles. The minimum atomic E-state index is -1.82. The number of nitrogens with one attached hydrogen (secondary N) is 3. The van der Waals surface area contributed by atoms with Gasteiger partial charge in [-0.15, -0.1) is 0 Å². The van der Waals surface area contributed by atoms with Gasteiger partial charge in [-0.2, -0.15) is 8.78 Å². The lowest BCUT2D eigenvalue weighted by Gasteiger charge is -2.32. The Morgan fingerprint density at radius 1 is 1.12 bits per heavy atom. The first-order valence-electron chi connectivity index (χ1n) is 13.5. The average molecular weight is 605 g/mol. The lowest BCUT2D eigenvalue weighted by atomic mass is 9.94. The number of carbonyl (C=O) groups excluding carboxylic acids is 4. The van der Waals surface area contributed by atoms with Crippen LogP contribution in [0.1, 0.15) is 36.7 Å². The standard InChI is InChI=1S/C29H28F4N4O6/c1-13-8-20(36-28(40)19-10-15-18(35-19)4-3-5-23(15)42-2)29(41)37(13)21(9-14-6-7-34-27(14)39)22(38)12-43-26-24(32)16(30)11-17(31)25(26)33/h3-5,10-11,13-14,20-21,35H,6-9,12H2,1-2H3,(H,34,39)(H,36,40). The number of halogens is 4. The Morgan fingerprint density at radius 2 is 1.84 bits per heavy atom. The van der Waals surface area contributed by atoms with E-state index in [2.05, 4.69) is 15.6 Å². The molecular formula is C29H28F4N4O6. The van der Waals surface area contributed by atoms with Crippen LogP contribution in [0, 0.1) is 29.2 Å². The number of hydrogen-bond acceptors (Lipinski definition) is 6. The molecule has 14 heteroatoms. The molecule has 0 radical (unpaired) electrons. The van der Waals surface area contributed by atoms with Crippen molar-refractivity contribution in [2.45, 2.75) is 44.3 Å². The molecule has 4 atom stereocenters. The maximum Gasteiger partial charge on any atom is 0.268 e. The minimum absolute atomic E-state index is 0.00614. The van der Waals surface area contributed by atoms with Gasteiger partial charge in [0.05, 0.1) is 13.2 Å². The number of aromatic nitrogens is 1. The number of likely N-dealkylation sites (tertiary alicyclic amines) is 1. The van der Waals surface area contributed by atoms with E-state index in [1.54, 1.807) is 31.2 Å². The first-order valence-corrected chi connectivity index (χ1v) is 13.5. The summed E-state index contributed by atoms with van der Waals surface area (Å²) in [5.41, 5.74) is 0.817. The molecule has 0 bridgehead atoms. The van der Waals surface area contributed by atoms with Crippen LogP contribution in [0.5, 0.6) is 11.5 Å². The van der Waals surface area contributed by atoms with E-state index in [0.717, 1.165) is 0 Å². The number of carbonyl (C=O) groups is 4. The van der Waals surface area contributed by atoms with Crippen molar-refractivity contribution in [3.05, 3.63) is 59.3 Å². The smallest absolute Gasteiger partial charge is 0.268 e. The first kappa shape index (κ1) is 29.9. The first-order chi connectivity index (χ1) is 20.5. The van der Waals surface area contributed by atoms with Crippen LogP contribution in [-0.2, 0) is 14.4 Å². The van der Waals surface area contributed by atoms with Crippen molar-refractivity contribution in [3.63, 3.8) is 0 Å². The summed E-state index contributed by atoms with van der Waals surface area (Å²) in [5.74, 6) is -10.9. The molecular weight excluding hydrogens is 576 g/mol. The van der Waals surface area contributed by atoms with Crippen LogP contribution in [0.3, 0.4) is 0 Å². The fourth-order valence-corrected chi connectivity index (χ4v) is 5.65. The Labute approximate surface area is 242 Å². The van der Waals surface area contributed by atoms with E-state index in [9.17, 15) is 36.7 Å². The maximum absolute atomic E-state index is 14.1. The molecule has 0 spiro atoms. The molecule has 228 valence electrons. The number of aromatic amines is 1. The Kier molecular flexibility index (Phi) is 8.29. The van der Waals surface area contributed by atoms with Gasteiger partial charge in [0.1, 0.15) is 24.1 Å². The lowest BCUT2D eigenvalue weighted by Crippen LogP contribution is -2.51. The number of nitrogens with zero attached hydrogens (tertiary/aromatic N) is 1. The van der Waals surface area contributed by atoms with Crippen LogP contribution in [0.2, 0.25) is 0 Å². The minimum Gasteiger partial charge on any atom is -0.496 e. The van der Waals surface area contributed by atoms with E-state index in [-0.39, 0.29) is 30.5 Å². The van der Waals surface area contributed by atoms with Gasteiger partial charge < -0.3 is 30.0 Å². The Balaban J connectivity index is 1.35. The zero-order valence-corrected chi connectivity index (χ0v) is 23.1. The van der Waals surface area contributed by atoms with Crippen LogP contribution >= 0.6 is 0 Å². The van der Waals surface area contributed by atoms with Crippen LogP contribution in [-0.4, -0.2) is 71.8 Å². The summed E-state index contributed by atoms with van der Waals surface area (Å²) in [6, 6.07) is 3.91. The molecule has 2 fully saturated rings. The number of ether oxygens (including phenoxy) is 2. The fourth-order valence-electron chi connectivity index (χ4n) is 5.65. The second-order valence-electron chi connectivity index (χ2n) is 10.5. The van der Waals surface area contributed by atoms with Crippen molar-refractivity contribution in [2.75, 3.05) is 20.3 Å². The summed E-state index contributed by atoms with van der Waals surface area (Å²) < 4.78 is 65.8. The van der Waals surface area contributed by atoms with Crippen LogP contribution in [0.4, 0.5) is 17.6 Å². The predicted octanol–water partition coefficient (Wildman–Crippen LogP) is 3.00. The highest BCUT2D eigenvalue weighted by atomic mass is 19.2. The molecule has 3 aromatic rings. The highest BCUT2D eigenvalue weighted by molar-refractivity contribution is 6.02. The Morgan fingerprint density at radius 3 is 2.49 bits per heavy atom. The van der Waals surface area contributed by atoms with Gasteiger partial charge in [-0.05, 0) is 44.4 Å². The number of fused-ring (bicyclic) bond motifs is 1. The monoisotopic (exact) mass is 604 g/mol. The normalized spacial score (nSPS) is 20.8. The summed E-state index contributed by atoms with van der Waals surface area (Å²) in [6.45, 7) is 0.965. The number of H-pyrrole nitrogens is 1. The Bertz CT molecular complexity index is 1590. The summed E-state index contributed by atoms with van der Waals surface area (Å²) >= 11 is 0. The third-order valence-electron chi connectivity index (χ3n) is 7.81. The van der Waals surface area contributed by atoms with Crippen molar-refractivity contribution < 1.29 is 46.2 Å². The highest BCUT2D eigenvalue weighted by Gasteiger charge is 2.45. The van der Waals surface area contributed by atoms with Crippen molar-refractivity contribution in [3.8, 4) is 11.5 Å². The van der Waals surface area contributed by atoms with Crippen molar-refractivity contribution in [1.29, 1.82) is 0 Å². The topological polar surface area (TPSA) is 130 Å². The van der Waals surface area contributed by atoms with E-state index in [4.69, 9.17) is 9.47 Å². The maximum atomic E-state index is 14.1. The van der Waals surface area contributed by atoms with Crippen molar-refractivity contribution >= 4 is 34.4 Å². The molecule has 3 amide bonds. The summed E-state index contributed by atoms with van der Waals surface area (Å²) in [5, 5.41) is 5.99. The van der Waals surface area contributed by atoms with Gasteiger partial charge in [-0.25, -0.2) is 8.78 Å². The SMILES string of the molecule is COc1cccc2[nH]c(C(=O)NC3CC(C)N(C(CC4CCNC4=O)C(=O)COc4c(F)c(F)cc(F)c4F)C3=O)cc12. The molecule has 0 saturated carbocycles. The molecule has 2 aromatic carbocycles. The molecule has 0 aliphatic carbocycles. The summed E-state index contributed by atoms with van der Waals surface area (Å²) in [6.07, 6.45) is 0.366. The molecule has 43 heavy (non-hydrogen) atoms. The van der Waals surface area contributed by atoms with E-state index in [0.29, 0.717) is 29.6 Å². The Hall–Kier alpha value is -4.62. The molecule has 2 aliphatic rings. The predicted molar refractivity (Wildman–Crippen MR) is 143 cm³/mol. The number of ketones is 1. The number of benzene rings is 2. The number of amides is 3. The van der Waals surface area contributed by atoms with Crippen LogP contribution in [0.25, 0.3) is 10.9 Å². The molecule has 5 rings (SSSR count). The highest BCUT2D eigenvalue weighted by Crippen LogP contribution is 2.31. The van der Waals surface area contributed by atoms with Crippen LogP contribution in [0.15, 0.2) is 30.3 Å². The number of methoxy groups -OCH3 is 1. The molecule has 10 nitrogen and oxygen atoms in total. The second kappa shape index (κ2) is 11.9. The average Bonchev–Trinajstić information content (AvgIpc) is 3.67. The number of rotatable bonds is 10. The van der Waals surface area contributed by atoms with Crippen LogP contribution < -0.4 is 20.1 Å². The summed E-state index contributed by atoms with van der Waals surface area (Å²) in [7, 11) is 1.50. The van der Waals surface area contributed by atoms with E-state index < -0.39 is 77.3 Å². The van der Waals surface area contributed by atoms with Gasteiger partial charge in [-0.3, -0.25) is 19.2 Å². The van der Waals surface area contributed by atoms with Crippen molar-refractivity contribution in [1.82, 2.24) is 20.5 Å². The van der Waals surface area contributed by atoms with E-state index in [1.807, 2.05) is 0 Å². The van der Waals surface area contributed by atoms with Gasteiger partial charge in [0.25, 0.3) is 5.91 Å². The number of hydrogen-bond donors (Lipinski definition) is 3.